The molecule has 4 rings (SSSR count). The predicted octanol–water partition coefficient (Wildman–Crippen LogP) is 5.04. The average Bonchev–Trinajstić information content (AvgIpc) is 3.23. The zero-order valence-corrected chi connectivity index (χ0v) is 20.0. The lowest BCUT2D eigenvalue weighted by molar-refractivity contribution is 0.0952. The van der Waals surface area contributed by atoms with Gasteiger partial charge in [0.15, 0.2) is 0 Å². The highest BCUT2D eigenvalue weighted by Crippen LogP contribution is 2.34. The Morgan fingerprint density at radius 3 is 2.69 bits per heavy atom. The molecule has 0 bridgehead atoms. The van der Waals surface area contributed by atoms with Crippen LogP contribution in [0.4, 0.5) is 5.69 Å². The van der Waals surface area contributed by atoms with Crippen molar-refractivity contribution in [3.8, 4) is 0 Å². The minimum atomic E-state index is -4.02. The van der Waals surface area contributed by atoms with Crippen LogP contribution in [0.5, 0.6) is 0 Å². The first-order valence-electron chi connectivity index (χ1n) is 9.10. The van der Waals surface area contributed by atoms with Gasteiger partial charge in [-0.1, -0.05) is 40.9 Å². The van der Waals surface area contributed by atoms with Crippen LogP contribution in [0.1, 0.15) is 15.9 Å². The molecule has 2 aromatic carbocycles. The molecule has 2 heterocycles. The molecule has 7 nitrogen and oxygen atoms in total. The van der Waals surface area contributed by atoms with E-state index in [1.807, 2.05) is 0 Å². The number of halogens is 3. The van der Waals surface area contributed by atoms with E-state index in [9.17, 15) is 13.2 Å². The zero-order valence-electron chi connectivity index (χ0n) is 16.1. The Kier molecular flexibility index (Phi) is 6.64. The molecule has 3 N–H and O–H groups in total. The molecule has 1 amide bonds. The average molecular weight is 530 g/mol. The number of sulfonamides is 1. The number of carbonyl (C=O) groups excluding carboxylic acids is 1. The number of rotatable bonds is 6. The summed E-state index contributed by atoms with van der Waals surface area (Å²) in [5.74, 6) is -0.484. The number of amides is 1. The molecule has 0 radical (unpaired) electrons. The minimum Gasteiger partial charge on any atom is -0.348 e. The Bertz CT molecular complexity index is 1290. The summed E-state index contributed by atoms with van der Waals surface area (Å²) in [6.07, 6.45) is 6.42. The van der Waals surface area contributed by atoms with Crippen molar-refractivity contribution in [1.82, 2.24) is 14.3 Å². The first-order chi connectivity index (χ1) is 15.2. The fraction of sp³-hybridized carbons (Fsp3) is 0.0500. The molecule has 0 unspecified atom stereocenters. The van der Waals surface area contributed by atoms with Crippen LogP contribution >= 0.6 is 46.9 Å². The topological polar surface area (TPSA) is 90.5 Å². The van der Waals surface area contributed by atoms with E-state index in [0.717, 1.165) is 5.56 Å². The van der Waals surface area contributed by atoms with E-state index >= 15 is 0 Å². The van der Waals surface area contributed by atoms with E-state index in [2.05, 4.69) is 14.8 Å². The maximum Gasteiger partial charge on any atom is 0.264 e. The van der Waals surface area contributed by atoms with Gasteiger partial charge in [0.2, 0.25) is 0 Å². The lowest BCUT2D eigenvalue weighted by atomic mass is 10.1. The largest absolute Gasteiger partial charge is 0.348 e. The molecule has 0 saturated carbocycles. The second kappa shape index (κ2) is 9.29. The van der Waals surface area contributed by atoms with Crippen LogP contribution in [0.15, 0.2) is 71.6 Å². The van der Waals surface area contributed by atoms with Crippen LogP contribution in [0.2, 0.25) is 15.1 Å². The van der Waals surface area contributed by atoms with E-state index in [-0.39, 0.29) is 27.7 Å². The summed E-state index contributed by atoms with van der Waals surface area (Å²) in [4.78, 5) is 12.9. The second-order valence-corrected chi connectivity index (χ2v) is 10.4. The maximum atomic E-state index is 13.1. The number of benzene rings is 2. The summed E-state index contributed by atoms with van der Waals surface area (Å²) in [5.41, 5.74) is 1.39. The van der Waals surface area contributed by atoms with Gasteiger partial charge in [-0.15, -0.1) is 0 Å². The monoisotopic (exact) mass is 528 g/mol. The number of anilines is 1. The summed E-state index contributed by atoms with van der Waals surface area (Å²) in [6.45, 7) is 0.172. The van der Waals surface area contributed by atoms with Crippen molar-refractivity contribution in [3.05, 3.63) is 97.7 Å². The Hall–Kier alpha value is -2.30. The van der Waals surface area contributed by atoms with E-state index in [1.54, 1.807) is 41.0 Å². The number of nitrogens with zero attached hydrogens (tertiary/aromatic N) is 1. The summed E-state index contributed by atoms with van der Waals surface area (Å²) in [6, 6.07) is 9.37. The third kappa shape index (κ3) is 4.87. The lowest BCUT2D eigenvalue weighted by Gasteiger charge is -2.21. The van der Waals surface area contributed by atoms with Gasteiger partial charge in [-0.05, 0) is 48.0 Å². The first kappa shape index (κ1) is 22.9. The molecule has 0 saturated heterocycles. The number of allylic oxidation sites excluding steroid dienone is 2. The number of nitrogens with one attached hydrogen (secondary N) is 3. The Morgan fingerprint density at radius 2 is 1.91 bits per heavy atom. The van der Waals surface area contributed by atoms with E-state index < -0.39 is 15.9 Å². The van der Waals surface area contributed by atoms with Crippen molar-refractivity contribution >= 4 is 68.6 Å². The number of fused-ring (bicyclic) bond motifs is 1. The molecule has 2 aliphatic heterocycles. The number of carbonyl (C=O) groups is 1. The normalized spacial score (nSPS) is 14.9. The molecule has 2 aromatic rings. The number of hydrogen-bond acceptors (Lipinski definition) is 6. The van der Waals surface area contributed by atoms with Crippen molar-refractivity contribution in [2.45, 2.75) is 6.54 Å². The fourth-order valence-corrected chi connectivity index (χ4v) is 5.46. The summed E-state index contributed by atoms with van der Waals surface area (Å²) >= 11 is 19.2. The zero-order chi connectivity index (χ0) is 22.9. The van der Waals surface area contributed by atoms with Gasteiger partial charge in [-0.2, -0.15) is 0 Å². The highest BCUT2D eigenvalue weighted by atomic mass is 35.5. The molecule has 0 aliphatic carbocycles. The van der Waals surface area contributed by atoms with Crippen LogP contribution in [0.25, 0.3) is 0 Å². The SMILES string of the molecule is O=C(NCc1ccc(Cl)c(Cl)c1)c1ccc(Cl)cc1NS(=O)(=O)C1=CC=CN2SNC=C12. The van der Waals surface area contributed by atoms with Gasteiger partial charge in [0, 0.05) is 24.0 Å². The molecule has 0 fully saturated rings. The van der Waals surface area contributed by atoms with Crippen molar-refractivity contribution in [2.24, 2.45) is 0 Å². The van der Waals surface area contributed by atoms with Crippen LogP contribution < -0.4 is 14.8 Å². The van der Waals surface area contributed by atoms with Crippen LogP contribution in [-0.4, -0.2) is 18.6 Å². The summed E-state index contributed by atoms with van der Waals surface area (Å²) in [7, 11) is -4.02. The molecule has 2 aliphatic rings. The van der Waals surface area contributed by atoms with Crippen molar-refractivity contribution in [3.63, 3.8) is 0 Å². The standard InChI is InChI=1S/C20H15Cl3N4O3S2/c21-13-4-5-14(20(28)24-10-12-3-6-15(22)16(23)8-12)17(9-13)26-32(29,30)19-2-1-7-27-18(19)11-25-31-27/h1-9,11,25-26H,10H2,(H,24,28). The quantitative estimate of drug-likeness (QED) is 0.454. The molecule has 0 spiro atoms. The molecule has 166 valence electrons. The van der Waals surface area contributed by atoms with Crippen molar-refractivity contribution in [2.75, 3.05) is 4.72 Å². The van der Waals surface area contributed by atoms with Crippen molar-refractivity contribution < 1.29 is 13.2 Å². The third-order valence-electron chi connectivity index (χ3n) is 4.50. The molecule has 32 heavy (non-hydrogen) atoms. The van der Waals surface area contributed by atoms with Gasteiger partial charge in [-0.3, -0.25) is 13.8 Å². The summed E-state index contributed by atoms with van der Waals surface area (Å²) < 4.78 is 33.3. The number of hydrogen-bond donors (Lipinski definition) is 3. The minimum absolute atomic E-state index is 0.0552. The molecular formula is C20H15Cl3N4O3S2. The Morgan fingerprint density at radius 1 is 1.09 bits per heavy atom. The smallest absolute Gasteiger partial charge is 0.264 e. The predicted molar refractivity (Wildman–Crippen MR) is 129 cm³/mol. The maximum absolute atomic E-state index is 13.1. The van der Waals surface area contributed by atoms with Gasteiger partial charge in [0.25, 0.3) is 15.9 Å². The van der Waals surface area contributed by atoms with Gasteiger partial charge < -0.3 is 10.0 Å². The van der Waals surface area contributed by atoms with Gasteiger partial charge >= 0.3 is 0 Å². The van der Waals surface area contributed by atoms with Gasteiger partial charge in [0.05, 0.1) is 39.1 Å². The fourth-order valence-electron chi connectivity index (χ4n) is 2.99. The summed E-state index contributed by atoms with van der Waals surface area (Å²) in [5, 5.41) is 3.81. The Balaban J connectivity index is 1.56. The highest BCUT2D eigenvalue weighted by Gasteiger charge is 2.30. The van der Waals surface area contributed by atoms with Crippen LogP contribution in [0.3, 0.4) is 0 Å². The molecule has 0 atom stereocenters. The molecule has 0 aromatic heterocycles. The van der Waals surface area contributed by atoms with E-state index in [4.69, 9.17) is 34.8 Å². The van der Waals surface area contributed by atoms with Gasteiger partial charge in [-0.25, -0.2) is 8.42 Å². The first-order valence-corrected chi connectivity index (χ1v) is 12.5. The molecule has 12 heteroatoms. The lowest BCUT2D eigenvalue weighted by Crippen LogP contribution is -2.26. The van der Waals surface area contributed by atoms with Crippen LogP contribution in [0, 0.1) is 0 Å². The van der Waals surface area contributed by atoms with E-state index in [0.29, 0.717) is 15.7 Å². The van der Waals surface area contributed by atoms with Crippen molar-refractivity contribution in [1.29, 1.82) is 0 Å². The van der Waals surface area contributed by atoms with E-state index in [1.165, 1.54) is 36.4 Å². The third-order valence-corrected chi connectivity index (χ3v) is 7.63. The highest BCUT2D eigenvalue weighted by molar-refractivity contribution is 7.97. The second-order valence-electron chi connectivity index (χ2n) is 6.66. The van der Waals surface area contributed by atoms with Crippen LogP contribution in [-0.2, 0) is 16.6 Å². The van der Waals surface area contributed by atoms with Gasteiger partial charge in [0.1, 0.15) is 4.91 Å². The molecular weight excluding hydrogens is 515 g/mol. The Labute approximate surface area is 204 Å².